The molecule has 2 N–H and O–H groups in total. The second-order valence-electron chi connectivity index (χ2n) is 3.33. The van der Waals surface area contributed by atoms with Gasteiger partial charge in [-0.15, -0.1) is 0 Å². The molecule has 0 aliphatic rings. The molecule has 0 radical (unpaired) electrons. The fourth-order valence-electron chi connectivity index (χ4n) is 1.26. The van der Waals surface area contributed by atoms with Crippen molar-refractivity contribution in [3.63, 3.8) is 0 Å². The van der Waals surface area contributed by atoms with Crippen LogP contribution in [0.4, 0.5) is 11.4 Å². The normalized spacial score (nSPS) is 9.71. The highest BCUT2D eigenvalue weighted by Crippen LogP contribution is 2.13. The molecule has 3 nitrogen and oxygen atoms in total. The average Bonchev–Trinajstić information content (AvgIpc) is 2.33. The van der Waals surface area contributed by atoms with E-state index in [1.165, 1.54) is 0 Å². The predicted molar refractivity (Wildman–Crippen MR) is 75.5 cm³/mol. The maximum absolute atomic E-state index is 5.79. The highest BCUT2D eigenvalue weighted by molar-refractivity contribution is 7.80. The van der Waals surface area contributed by atoms with Crippen molar-refractivity contribution in [2.24, 2.45) is 0 Å². The molecular weight excluding hydrogens is 254 g/mol. The van der Waals surface area contributed by atoms with E-state index in [2.05, 4.69) is 15.6 Å². The van der Waals surface area contributed by atoms with Crippen molar-refractivity contribution in [3.8, 4) is 0 Å². The maximum Gasteiger partial charge on any atom is 0.175 e. The molecule has 0 atom stereocenters. The van der Waals surface area contributed by atoms with Crippen LogP contribution in [0.5, 0.6) is 0 Å². The Morgan fingerprint density at radius 3 is 2.41 bits per heavy atom. The Morgan fingerprint density at radius 2 is 1.76 bits per heavy atom. The van der Waals surface area contributed by atoms with E-state index < -0.39 is 0 Å². The van der Waals surface area contributed by atoms with Gasteiger partial charge in [0.15, 0.2) is 5.11 Å². The smallest absolute Gasteiger partial charge is 0.175 e. The molecule has 1 aromatic carbocycles. The number of anilines is 2. The minimum Gasteiger partial charge on any atom is -0.332 e. The number of rotatable bonds is 2. The van der Waals surface area contributed by atoms with Gasteiger partial charge in [-0.1, -0.05) is 11.6 Å². The summed E-state index contributed by atoms with van der Waals surface area (Å²) in [5.41, 5.74) is 1.73. The molecule has 1 aromatic heterocycles. The van der Waals surface area contributed by atoms with Crippen LogP contribution >= 0.6 is 23.8 Å². The Hall–Kier alpha value is -1.65. The molecule has 0 amide bonds. The summed E-state index contributed by atoms with van der Waals surface area (Å²) in [5, 5.41) is 7.29. The quantitative estimate of drug-likeness (QED) is 0.813. The molecule has 1 heterocycles. The van der Waals surface area contributed by atoms with Crippen molar-refractivity contribution >= 4 is 40.3 Å². The first-order chi connectivity index (χ1) is 8.24. The van der Waals surface area contributed by atoms with Gasteiger partial charge in [-0.2, -0.15) is 0 Å². The Bertz CT molecular complexity index is 499. The molecule has 0 fully saturated rings. The van der Waals surface area contributed by atoms with Crippen molar-refractivity contribution in [2.45, 2.75) is 0 Å². The van der Waals surface area contributed by atoms with Gasteiger partial charge in [0, 0.05) is 16.9 Å². The van der Waals surface area contributed by atoms with E-state index in [0.717, 1.165) is 11.4 Å². The third kappa shape index (κ3) is 3.69. The van der Waals surface area contributed by atoms with Crippen LogP contribution < -0.4 is 10.6 Å². The van der Waals surface area contributed by atoms with Gasteiger partial charge in [0.1, 0.15) is 0 Å². The van der Waals surface area contributed by atoms with E-state index in [1.807, 2.05) is 24.3 Å². The maximum atomic E-state index is 5.79. The standard InChI is InChI=1S/C12H10ClN3S/c13-9-3-5-10(6-4-9)15-12(17)16-11-2-1-7-14-8-11/h1-8H,(H2,15,16,17). The molecule has 86 valence electrons. The summed E-state index contributed by atoms with van der Waals surface area (Å²) in [4.78, 5) is 3.99. The summed E-state index contributed by atoms with van der Waals surface area (Å²) in [6.07, 6.45) is 3.41. The first kappa shape index (κ1) is 11.8. The third-order valence-corrected chi connectivity index (χ3v) is 2.48. The van der Waals surface area contributed by atoms with E-state index >= 15 is 0 Å². The van der Waals surface area contributed by atoms with Crippen LogP contribution in [-0.2, 0) is 0 Å². The zero-order chi connectivity index (χ0) is 12.1. The fraction of sp³-hybridized carbons (Fsp3) is 0. The molecule has 0 saturated carbocycles. The van der Waals surface area contributed by atoms with Crippen LogP contribution in [0.25, 0.3) is 0 Å². The van der Waals surface area contributed by atoms with Gasteiger partial charge in [0.25, 0.3) is 0 Å². The van der Waals surface area contributed by atoms with E-state index in [1.54, 1.807) is 24.5 Å². The van der Waals surface area contributed by atoms with Crippen LogP contribution in [0.1, 0.15) is 0 Å². The van der Waals surface area contributed by atoms with Gasteiger partial charge in [-0.25, -0.2) is 0 Å². The molecule has 0 unspecified atom stereocenters. The lowest BCUT2D eigenvalue weighted by Crippen LogP contribution is -2.18. The van der Waals surface area contributed by atoms with E-state index in [0.29, 0.717) is 10.1 Å². The van der Waals surface area contributed by atoms with Crippen LogP contribution in [0.2, 0.25) is 5.02 Å². The number of hydrogen-bond acceptors (Lipinski definition) is 2. The monoisotopic (exact) mass is 263 g/mol. The molecule has 0 aliphatic carbocycles. The average molecular weight is 264 g/mol. The second-order valence-corrected chi connectivity index (χ2v) is 4.17. The van der Waals surface area contributed by atoms with Crippen molar-refractivity contribution in [2.75, 3.05) is 10.6 Å². The molecule has 0 saturated heterocycles. The Kier molecular flexibility index (Phi) is 3.90. The number of halogens is 1. The van der Waals surface area contributed by atoms with Crippen molar-refractivity contribution in [1.29, 1.82) is 0 Å². The summed E-state index contributed by atoms with van der Waals surface area (Å²) < 4.78 is 0. The van der Waals surface area contributed by atoms with Crippen LogP contribution in [0.3, 0.4) is 0 Å². The van der Waals surface area contributed by atoms with Gasteiger partial charge >= 0.3 is 0 Å². The minimum absolute atomic E-state index is 0.514. The summed E-state index contributed by atoms with van der Waals surface area (Å²) in [7, 11) is 0. The Morgan fingerprint density at radius 1 is 1.06 bits per heavy atom. The first-order valence-electron chi connectivity index (χ1n) is 4.97. The molecule has 2 rings (SSSR count). The number of pyridine rings is 1. The largest absolute Gasteiger partial charge is 0.332 e. The van der Waals surface area contributed by atoms with Gasteiger partial charge in [-0.05, 0) is 48.6 Å². The Balaban J connectivity index is 1.96. The topological polar surface area (TPSA) is 37.0 Å². The van der Waals surface area contributed by atoms with Crippen LogP contribution in [-0.4, -0.2) is 10.1 Å². The predicted octanol–water partition coefficient (Wildman–Crippen LogP) is 3.54. The van der Waals surface area contributed by atoms with Gasteiger partial charge in [-0.3, -0.25) is 4.98 Å². The van der Waals surface area contributed by atoms with Crippen molar-refractivity contribution in [1.82, 2.24) is 4.98 Å². The van der Waals surface area contributed by atoms with Gasteiger partial charge in [0.2, 0.25) is 0 Å². The molecule has 2 aromatic rings. The molecule has 5 heteroatoms. The lowest BCUT2D eigenvalue weighted by molar-refractivity contribution is 1.33. The highest BCUT2D eigenvalue weighted by atomic mass is 35.5. The van der Waals surface area contributed by atoms with Gasteiger partial charge < -0.3 is 10.6 Å². The lowest BCUT2D eigenvalue weighted by atomic mass is 10.3. The van der Waals surface area contributed by atoms with E-state index in [-0.39, 0.29) is 0 Å². The summed E-state index contributed by atoms with van der Waals surface area (Å²) >= 11 is 11.0. The minimum atomic E-state index is 0.514. The van der Waals surface area contributed by atoms with Crippen LogP contribution in [0, 0.1) is 0 Å². The van der Waals surface area contributed by atoms with E-state index in [9.17, 15) is 0 Å². The number of thiocarbonyl (C=S) groups is 1. The van der Waals surface area contributed by atoms with Gasteiger partial charge in [0.05, 0.1) is 11.9 Å². The van der Waals surface area contributed by atoms with Crippen LogP contribution in [0.15, 0.2) is 48.8 Å². The lowest BCUT2D eigenvalue weighted by Gasteiger charge is -2.09. The number of benzene rings is 1. The highest BCUT2D eigenvalue weighted by Gasteiger charge is 1.98. The molecule has 0 spiro atoms. The first-order valence-corrected chi connectivity index (χ1v) is 5.76. The zero-order valence-corrected chi connectivity index (χ0v) is 10.4. The van der Waals surface area contributed by atoms with E-state index in [4.69, 9.17) is 23.8 Å². The molecular formula is C12H10ClN3S. The molecule has 17 heavy (non-hydrogen) atoms. The number of nitrogens with zero attached hydrogens (tertiary/aromatic N) is 1. The third-order valence-electron chi connectivity index (χ3n) is 2.02. The zero-order valence-electron chi connectivity index (χ0n) is 8.85. The number of nitrogens with one attached hydrogen (secondary N) is 2. The van der Waals surface area contributed by atoms with Crippen molar-refractivity contribution in [3.05, 3.63) is 53.8 Å². The summed E-state index contributed by atoms with van der Waals surface area (Å²) in [6.45, 7) is 0. The molecule has 0 aliphatic heterocycles. The fourth-order valence-corrected chi connectivity index (χ4v) is 1.63. The summed E-state index contributed by atoms with van der Waals surface area (Å²) in [6, 6.07) is 11.1. The number of hydrogen-bond donors (Lipinski definition) is 2. The number of aromatic nitrogens is 1. The Labute approximate surface area is 110 Å². The second kappa shape index (κ2) is 5.61. The summed E-state index contributed by atoms with van der Waals surface area (Å²) in [5.74, 6) is 0. The molecule has 0 bridgehead atoms. The van der Waals surface area contributed by atoms with Crippen molar-refractivity contribution < 1.29 is 0 Å². The SMILES string of the molecule is S=C(Nc1ccc(Cl)cc1)Nc1cccnc1.